The van der Waals surface area contributed by atoms with Gasteiger partial charge in [0.1, 0.15) is 11.2 Å². The second-order valence-electron chi connectivity index (χ2n) is 7.03. The van der Waals surface area contributed by atoms with E-state index in [0.29, 0.717) is 24.4 Å². The zero-order valence-corrected chi connectivity index (χ0v) is 15.6. The highest BCUT2D eigenvalue weighted by molar-refractivity contribution is 8.00. The van der Waals surface area contributed by atoms with Crippen molar-refractivity contribution in [3.05, 3.63) is 35.6 Å². The topological polar surface area (TPSA) is 40.6 Å². The molecule has 1 heterocycles. The third kappa shape index (κ3) is 3.84. The van der Waals surface area contributed by atoms with Gasteiger partial charge in [-0.3, -0.25) is 9.59 Å². The fraction of sp³-hybridized carbons (Fsp3) is 0.579. The van der Waals surface area contributed by atoms with Gasteiger partial charge in [-0.05, 0) is 32.8 Å². The third-order valence-electron chi connectivity index (χ3n) is 5.08. The molecule has 6 heteroatoms. The molecule has 0 N–H and O–H groups in total. The van der Waals surface area contributed by atoms with Gasteiger partial charge >= 0.3 is 0 Å². The number of halogens is 1. The molecule has 0 spiro atoms. The third-order valence-corrected chi connectivity index (χ3v) is 6.32. The fourth-order valence-electron chi connectivity index (χ4n) is 3.36. The summed E-state index contributed by atoms with van der Waals surface area (Å²) in [6.45, 7) is 4.96. The van der Waals surface area contributed by atoms with Crippen molar-refractivity contribution >= 4 is 23.6 Å². The summed E-state index contributed by atoms with van der Waals surface area (Å²) in [5, 5.41) is -0.304. The number of amides is 2. The smallest absolute Gasteiger partial charge is 0.233 e. The van der Waals surface area contributed by atoms with Crippen LogP contribution >= 0.6 is 11.8 Å². The van der Waals surface area contributed by atoms with Gasteiger partial charge in [-0.2, -0.15) is 0 Å². The van der Waals surface area contributed by atoms with Gasteiger partial charge in [0, 0.05) is 30.6 Å². The Morgan fingerprint density at radius 3 is 2.68 bits per heavy atom. The summed E-state index contributed by atoms with van der Waals surface area (Å²) in [5.41, 5.74) is 0.541. The molecule has 2 amide bonds. The number of thioether (sulfide) groups is 1. The van der Waals surface area contributed by atoms with E-state index in [-0.39, 0.29) is 35.0 Å². The van der Waals surface area contributed by atoms with Crippen molar-refractivity contribution in [1.82, 2.24) is 9.80 Å². The Labute approximate surface area is 152 Å². The Morgan fingerprint density at radius 1 is 1.36 bits per heavy atom. The second kappa shape index (κ2) is 7.77. The van der Waals surface area contributed by atoms with Gasteiger partial charge in [-0.25, -0.2) is 4.39 Å². The van der Waals surface area contributed by atoms with E-state index in [1.165, 1.54) is 17.8 Å². The van der Waals surface area contributed by atoms with Crippen molar-refractivity contribution in [2.24, 2.45) is 5.92 Å². The lowest BCUT2D eigenvalue weighted by atomic mass is 9.84. The van der Waals surface area contributed by atoms with E-state index in [9.17, 15) is 14.0 Å². The first-order valence-electron chi connectivity index (χ1n) is 8.95. The predicted octanol–water partition coefficient (Wildman–Crippen LogP) is 3.44. The maximum atomic E-state index is 14.1. The van der Waals surface area contributed by atoms with Gasteiger partial charge in [0.25, 0.3) is 0 Å². The summed E-state index contributed by atoms with van der Waals surface area (Å²) in [4.78, 5) is 28.5. The van der Waals surface area contributed by atoms with E-state index >= 15 is 0 Å². The maximum absolute atomic E-state index is 14.1. The summed E-state index contributed by atoms with van der Waals surface area (Å²) in [6.07, 6.45) is 3.07. The van der Waals surface area contributed by atoms with Gasteiger partial charge < -0.3 is 9.80 Å². The maximum Gasteiger partial charge on any atom is 0.233 e. The van der Waals surface area contributed by atoms with Gasteiger partial charge in [-0.1, -0.05) is 24.6 Å². The molecule has 1 aliphatic heterocycles. The summed E-state index contributed by atoms with van der Waals surface area (Å²) in [7, 11) is 0. The number of carbonyl (C=O) groups excluding carboxylic acids is 2. The molecule has 25 heavy (non-hydrogen) atoms. The van der Waals surface area contributed by atoms with Crippen LogP contribution in [0.1, 0.15) is 44.0 Å². The van der Waals surface area contributed by atoms with Gasteiger partial charge in [-0.15, -0.1) is 11.8 Å². The van der Waals surface area contributed by atoms with E-state index in [1.807, 2.05) is 18.7 Å². The van der Waals surface area contributed by atoms with Gasteiger partial charge in [0.2, 0.25) is 11.8 Å². The number of hydrogen-bond donors (Lipinski definition) is 0. The van der Waals surface area contributed by atoms with Crippen molar-refractivity contribution in [2.75, 3.05) is 18.8 Å². The number of carbonyl (C=O) groups is 2. The van der Waals surface area contributed by atoms with Crippen LogP contribution in [0, 0.1) is 11.7 Å². The van der Waals surface area contributed by atoms with Crippen molar-refractivity contribution in [3.8, 4) is 0 Å². The minimum Gasteiger partial charge on any atom is -0.338 e. The molecule has 0 unspecified atom stereocenters. The van der Waals surface area contributed by atoms with Crippen LogP contribution in [0.15, 0.2) is 24.3 Å². The lowest BCUT2D eigenvalue weighted by Gasteiger charge is -2.36. The highest BCUT2D eigenvalue weighted by Crippen LogP contribution is 2.39. The molecule has 1 aromatic rings. The molecule has 2 aliphatic rings. The molecule has 1 saturated heterocycles. The Morgan fingerprint density at radius 2 is 2.08 bits per heavy atom. The number of benzene rings is 1. The number of hydrogen-bond acceptors (Lipinski definition) is 3. The lowest BCUT2D eigenvalue weighted by molar-refractivity contribution is -0.141. The van der Waals surface area contributed by atoms with Crippen molar-refractivity contribution in [3.63, 3.8) is 0 Å². The van der Waals surface area contributed by atoms with Crippen LogP contribution in [-0.2, 0) is 9.59 Å². The molecule has 0 radical (unpaired) electrons. The predicted molar refractivity (Wildman–Crippen MR) is 97.5 cm³/mol. The summed E-state index contributed by atoms with van der Waals surface area (Å²) in [5.74, 6) is 0.428. The van der Waals surface area contributed by atoms with Crippen molar-refractivity contribution in [2.45, 2.75) is 44.5 Å². The molecular formula is C19H25FN2O2S. The van der Waals surface area contributed by atoms with Crippen molar-refractivity contribution < 1.29 is 14.0 Å². The largest absolute Gasteiger partial charge is 0.338 e. The quantitative estimate of drug-likeness (QED) is 0.776. The second-order valence-corrected chi connectivity index (χ2v) is 8.09. The van der Waals surface area contributed by atoms with Crippen molar-refractivity contribution in [1.29, 1.82) is 0 Å². The first-order chi connectivity index (χ1) is 12.0. The minimum atomic E-state index is -0.304. The van der Waals surface area contributed by atoms with Crippen LogP contribution in [0.5, 0.6) is 0 Å². The molecular weight excluding hydrogens is 339 g/mol. The van der Waals surface area contributed by atoms with Crippen LogP contribution in [0.25, 0.3) is 0 Å². The Hall–Kier alpha value is -1.56. The summed E-state index contributed by atoms with van der Waals surface area (Å²) >= 11 is 1.45. The van der Waals surface area contributed by atoms with E-state index in [2.05, 4.69) is 0 Å². The zero-order valence-electron chi connectivity index (χ0n) is 14.8. The molecule has 0 bridgehead atoms. The Bertz CT molecular complexity index is 648. The van der Waals surface area contributed by atoms with E-state index < -0.39 is 0 Å². The monoisotopic (exact) mass is 364 g/mol. The normalized spacial score (nSPS) is 20.9. The van der Waals surface area contributed by atoms with Crippen LogP contribution < -0.4 is 0 Å². The first-order valence-corrected chi connectivity index (χ1v) is 10.00. The summed E-state index contributed by atoms with van der Waals surface area (Å²) < 4.78 is 14.1. The van der Waals surface area contributed by atoms with Gasteiger partial charge in [0.15, 0.2) is 0 Å². The molecule has 0 aromatic heterocycles. The van der Waals surface area contributed by atoms with E-state index in [1.54, 1.807) is 23.1 Å². The molecule has 2 fully saturated rings. The van der Waals surface area contributed by atoms with Gasteiger partial charge in [0.05, 0.1) is 5.75 Å². The number of nitrogens with zero attached hydrogens (tertiary/aromatic N) is 2. The van der Waals surface area contributed by atoms with E-state index in [4.69, 9.17) is 0 Å². The van der Waals surface area contributed by atoms with E-state index in [0.717, 1.165) is 19.3 Å². The number of rotatable bonds is 6. The molecule has 1 aliphatic carbocycles. The molecule has 136 valence electrons. The van der Waals surface area contributed by atoms with Crippen LogP contribution in [-0.4, -0.2) is 46.5 Å². The fourth-order valence-corrected chi connectivity index (χ4v) is 4.60. The molecule has 4 nitrogen and oxygen atoms in total. The van der Waals surface area contributed by atoms with Crippen LogP contribution in [0.4, 0.5) is 4.39 Å². The molecule has 1 saturated carbocycles. The highest BCUT2D eigenvalue weighted by Gasteiger charge is 2.36. The molecule has 1 aromatic carbocycles. The van der Waals surface area contributed by atoms with Crippen LogP contribution in [0.3, 0.4) is 0 Å². The standard InChI is InChI=1S/C19H25FN2O2S/c1-13(2)21(18(24)14-6-5-7-14)10-11-22-17(23)12-25-19(22)15-8-3-4-9-16(15)20/h3-4,8-9,13-14,19H,5-7,10-12H2,1-2H3/t19-/m1/s1. The molecule has 1 atom stereocenters. The SMILES string of the molecule is CC(C)N(CCN1C(=O)CS[C@@H]1c1ccccc1F)C(=O)C1CCC1. The lowest BCUT2D eigenvalue weighted by Crippen LogP contribution is -2.47. The Balaban J connectivity index is 1.69. The minimum absolute atomic E-state index is 0.0121. The highest BCUT2D eigenvalue weighted by atomic mass is 32.2. The average Bonchev–Trinajstić information content (AvgIpc) is 2.87. The zero-order chi connectivity index (χ0) is 18.0. The van der Waals surface area contributed by atoms with Crippen LogP contribution in [0.2, 0.25) is 0 Å². The first kappa shape index (κ1) is 18.2. The summed E-state index contributed by atoms with van der Waals surface area (Å²) in [6, 6.07) is 6.71. The average molecular weight is 364 g/mol. The Kier molecular flexibility index (Phi) is 5.67. The molecule has 3 rings (SSSR count).